The summed E-state index contributed by atoms with van der Waals surface area (Å²) < 4.78 is 5.31. The molecule has 0 spiro atoms. The van der Waals surface area contributed by atoms with Gasteiger partial charge < -0.3 is 4.74 Å². The molecule has 3 heteroatoms. The molecule has 0 aromatic heterocycles. The number of hydrogen-bond donors (Lipinski definition) is 0. The Labute approximate surface area is 111 Å². The number of morpholine rings is 1. The molecule has 0 radical (unpaired) electrons. The zero-order chi connectivity index (χ0) is 13.4. The number of nitrogens with zero attached hydrogens (tertiary/aromatic N) is 2. The smallest absolute Gasteiger partial charge is 0.117 e. The first kappa shape index (κ1) is 14.9. The average Bonchev–Trinajstić information content (AvgIpc) is 2.36. The molecule has 3 nitrogen and oxygen atoms in total. The van der Waals surface area contributed by atoms with Gasteiger partial charge in [-0.3, -0.25) is 4.90 Å². The molecule has 100 valence electrons. The van der Waals surface area contributed by atoms with Crippen LogP contribution in [0.1, 0.15) is 33.6 Å². The van der Waals surface area contributed by atoms with Crippen molar-refractivity contribution in [1.82, 2.24) is 4.90 Å². The molecule has 18 heavy (non-hydrogen) atoms. The summed E-state index contributed by atoms with van der Waals surface area (Å²) in [7, 11) is 0. The number of rotatable bonds is 5. The van der Waals surface area contributed by atoms with Gasteiger partial charge in [-0.15, -0.1) is 0 Å². The largest absolute Gasteiger partial charge is 0.379 e. The molecular weight excluding hydrogens is 224 g/mol. The summed E-state index contributed by atoms with van der Waals surface area (Å²) in [5.41, 5.74) is 2.65. The third-order valence-corrected chi connectivity index (χ3v) is 3.10. The van der Waals surface area contributed by atoms with E-state index in [9.17, 15) is 5.26 Å². The predicted octanol–water partition coefficient (Wildman–Crippen LogP) is 2.90. The van der Waals surface area contributed by atoms with Crippen molar-refractivity contribution in [2.75, 3.05) is 26.3 Å². The molecule has 1 atom stereocenters. The maximum atomic E-state index is 9.25. The van der Waals surface area contributed by atoms with E-state index >= 15 is 0 Å². The second-order valence-electron chi connectivity index (χ2n) is 5.06. The van der Waals surface area contributed by atoms with Crippen molar-refractivity contribution in [2.24, 2.45) is 0 Å². The maximum absolute atomic E-state index is 9.25. The second kappa shape index (κ2) is 8.07. The van der Waals surface area contributed by atoms with Crippen LogP contribution in [-0.2, 0) is 4.74 Å². The van der Waals surface area contributed by atoms with Crippen LogP contribution in [0.4, 0.5) is 0 Å². The highest BCUT2D eigenvalue weighted by Crippen LogP contribution is 2.11. The van der Waals surface area contributed by atoms with Gasteiger partial charge >= 0.3 is 0 Å². The summed E-state index contributed by atoms with van der Waals surface area (Å²) >= 11 is 0. The molecule has 1 aliphatic heterocycles. The van der Waals surface area contributed by atoms with Crippen molar-refractivity contribution in [2.45, 2.75) is 39.7 Å². The molecule has 1 rings (SSSR count). The molecule has 1 heterocycles. The molecular formula is C15H24N2O. The summed E-state index contributed by atoms with van der Waals surface area (Å²) in [4.78, 5) is 2.19. The highest BCUT2D eigenvalue weighted by Gasteiger charge is 2.18. The molecule has 1 aliphatic rings. The highest BCUT2D eigenvalue weighted by atomic mass is 16.5. The number of nitriles is 1. The first-order chi connectivity index (χ1) is 8.63. The van der Waals surface area contributed by atoms with Crippen LogP contribution in [-0.4, -0.2) is 37.2 Å². The van der Waals surface area contributed by atoms with Crippen LogP contribution in [0.5, 0.6) is 0 Å². The lowest BCUT2D eigenvalue weighted by Gasteiger charge is -2.29. The summed E-state index contributed by atoms with van der Waals surface area (Å²) in [5.74, 6) is 0. The molecule has 1 saturated heterocycles. The van der Waals surface area contributed by atoms with Gasteiger partial charge in [0, 0.05) is 13.1 Å². The minimum absolute atomic E-state index is 0.0967. The molecule has 0 bridgehead atoms. The Balaban J connectivity index is 2.49. The zero-order valence-corrected chi connectivity index (χ0v) is 11.8. The van der Waals surface area contributed by atoms with Crippen LogP contribution < -0.4 is 0 Å². The standard InChI is InChI=1S/C15H24N2O/c1-13(2)5-4-6-14(3)11-15(12-16)17-7-9-18-10-8-17/h5,11,15H,4,6-10H2,1-3H3/b14-11+. The average molecular weight is 248 g/mol. The van der Waals surface area contributed by atoms with Gasteiger partial charge in [-0.05, 0) is 33.6 Å². The van der Waals surface area contributed by atoms with E-state index < -0.39 is 0 Å². The van der Waals surface area contributed by atoms with Crippen LogP contribution >= 0.6 is 0 Å². The minimum atomic E-state index is -0.0967. The van der Waals surface area contributed by atoms with Crippen molar-refractivity contribution in [3.05, 3.63) is 23.3 Å². The fourth-order valence-electron chi connectivity index (χ4n) is 2.02. The normalized spacial score (nSPS) is 19.1. The summed E-state index contributed by atoms with van der Waals surface area (Å²) in [5, 5.41) is 9.25. The lowest BCUT2D eigenvalue weighted by atomic mass is 10.1. The summed E-state index contributed by atoms with van der Waals surface area (Å²) in [6.07, 6.45) is 6.44. The van der Waals surface area contributed by atoms with E-state index in [1.54, 1.807) is 0 Å². The van der Waals surface area contributed by atoms with Crippen molar-refractivity contribution in [3.8, 4) is 6.07 Å². The van der Waals surface area contributed by atoms with Gasteiger partial charge in [-0.1, -0.05) is 23.3 Å². The first-order valence-corrected chi connectivity index (χ1v) is 6.65. The highest BCUT2D eigenvalue weighted by molar-refractivity contribution is 5.14. The van der Waals surface area contributed by atoms with Crippen LogP contribution in [0.2, 0.25) is 0 Å². The Hall–Kier alpha value is -1.11. The van der Waals surface area contributed by atoms with Gasteiger partial charge in [-0.25, -0.2) is 0 Å². The van der Waals surface area contributed by atoms with E-state index in [2.05, 4.69) is 43.9 Å². The lowest BCUT2D eigenvalue weighted by Crippen LogP contribution is -2.42. The second-order valence-corrected chi connectivity index (χ2v) is 5.06. The summed E-state index contributed by atoms with van der Waals surface area (Å²) in [6, 6.07) is 2.28. The van der Waals surface area contributed by atoms with Crippen LogP contribution in [0.25, 0.3) is 0 Å². The van der Waals surface area contributed by atoms with Crippen molar-refractivity contribution < 1.29 is 4.74 Å². The van der Waals surface area contributed by atoms with Gasteiger partial charge in [-0.2, -0.15) is 5.26 Å². The Morgan fingerprint density at radius 1 is 1.33 bits per heavy atom. The van der Waals surface area contributed by atoms with E-state index in [-0.39, 0.29) is 6.04 Å². The molecule has 0 aromatic rings. The van der Waals surface area contributed by atoms with Crippen molar-refractivity contribution in [1.29, 1.82) is 5.26 Å². The number of hydrogen-bond acceptors (Lipinski definition) is 3. The summed E-state index contributed by atoms with van der Waals surface area (Å²) in [6.45, 7) is 9.54. The molecule has 1 fully saturated rings. The van der Waals surface area contributed by atoms with Gasteiger partial charge in [0.15, 0.2) is 0 Å². The Bertz CT molecular complexity index is 342. The van der Waals surface area contributed by atoms with Crippen molar-refractivity contribution in [3.63, 3.8) is 0 Å². The fourth-order valence-corrected chi connectivity index (χ4v) is 2.02. The van der Waals surface area contributed by atoms with Crippen LogP contribution in [0, 0.1) is 11.3 Å². The molecule has 0 aliphatic carbocycles. The number of allylic oxidation sites excluding steroid dienone is 3. The molecule has 0 saturated carbocycles. The molecule has 0 amide bonds. The number of ether oxygens (including phenoxy) is 1. The van der Waals surface area contributed by atoms with Crippen molar-refractivity contribution >= 4 is 0 Å². The topological polar surface area (TPSA) is 36.3 Å². The fraction of sp³-hybridized carbons (Fsp3) is 0.667. The van der Waals surface area contributed by atoms with E-state index in [1.807, 2.05) is 0 Å². The predicted molar refractivity (Wildman–Crippen MR) is 74.2 cm³/mol. The minimum Gasteiger partial charge on any atom is -0.379 e. The first-order valence-electron chi connectivity index (χ1n) is 6.65. The van der Waals surface area contributed by atoms with Crippen LogP contribution in [0.15, 0.2) is 23.3 Å². The van der Waals surface area contributed by atoms with E-state index in [0.29, 0.717) is 0 Å². The SMILES string of the molecule is CC(C)=CCC/C(C)=C/C(C#N)N1CCOCC1. The van der Waals surface area contributed by atoms with Crippen LogP contribution in [0.3, 0.4) is 0 Å². The van der Waals surface area contributed by atoms with Gasteiger partial charge in [0.25, 0.3) is 0 Å². The lowest BCUT2D eigenvalue weighted by molar-refractivity contribution is 0.0339. The van der Waals surface area contributed by atoms with Gasteiger partial charge in [0.05, 0.1) is 19.3 Å². The van der Waals surface area contributed by atoms with E-state index in [1.165, 1.54) is 11.1 Å². The quantitative estimate of drug-likeness (QED) is 0.702. The van der Waals surface area contributed by atoms with Gasteiger partial charge in [0.1, 0.15) is 6.04 Å². The third-order valence-electron chi connectivity index (χ3n) is 3.10. The Morgan fingerprint density at radius 3 is 2.56 bits per heavy atom. The van der Waals surface area contributed by atoms with E-state index in [4.69, 9.17) is 4.74 Å². The maximum Gasteiger partial charge on any atom is 0.117 e. The monoisotopic (exact) mass is 248 g/mol. The Kier molecular flexibility index (Phi) is 6.70. The Morgan fingerprint density at radius 2 is 2.00 bits per heavy atom. The molecule has 0 aromatic carbocycles. The third kappa shape index (κ3) is 5.48. The molecule has 0 N–H and O–H groups in total. The zero-order valence-electron chi connectivity index (χ0n) is 11.8. The van der Waals surface area contributed by atoms with Gasteiger partial charge in [0.2, 0.25) is 0 Å². The van der Waals surface area contributed by atoms with E-state index in [0.717, 1.165) is 39.1 Å². The molecule has 1 unspecified atom stereocenters.